The van der Waals surface area contributed by atoms with Crippen LogP contribution in [0.15, 0.2) is 35.3 Å². The van der Waals surface area contributed by atoms with Crippen LogP contribution in [0.1, 0.15) is 13.3 Å². The van der Waals surface area contributed by atoms with Crippen LogP contribution in [-0.4, -0.2) is 43.9 Å². The number of fused-ring (bicyclic) bond motifs is 1. The molecule has 1 saturated heterocycles. The van der Waals surface area contributed by atoms with Gasteiger partial charge in [-0.05, 0) is 25.1 Å². The summed E-state index contributed by atoms with van der Waals surface area (Å²) in [6, 6.07) is 7.46. The van der Waals surface area contributed by atoms with Crippen LogP contribution in [-0.2, 0) is 20.8 Å². The molecule has 6 heteroatoms. The summed E-state index contributed by atoms with van der Waals surface area (Å²) in [7, 11) is 0. The molecule has 1 aromatic heterocycles. The Kier molecular flexibility index (Phi) is 5.85. The van der Waals surface area contributed by atoms with Crippen LogP contribution in [0.5, 0.6) is 5.75 Å². The second-order valence-corrected chi connectivity index (χ2v) is 5.54. The predicted octanol–water partition coefficient (Wildman–Crippen LogP) is 2.18. The largest absolute Gasteiger partial charge is 0.493 e. The summed E-state index contributed by atoms with van der Waals surface area (Å²) in [5, 5.41) is 1.48. The number of nitrogens with zero attached hydrogens (tertiary/aromatic N) is 1. The Morgan fingerprint density at radius 2 is 2.00 bits per heavy atom. The number of ether oxygens (including phenoxy) is 4. The topological polar surface area (TPSA) is 58.9 Å². The number of rotatable bonds is 8. The van der Waals surface area contributed by atoms with E-state index in [1.54, 1.807) is 10.8 Å². The lowest BCUT2D eigenvalue weighted by atomic mass is 10.1. The first-order chi connectivity index (χ1) is 11.8. The van der Waals surface area contributed by atoms with E-state index in [0.717, 1.165) is 5.39 Å². The average Bonchev–Trinajstić information content (AvgIpc) is 3.11. The van der Waals surface area contributed by atoms with Crippen molar-refractivity contribution in [2.75, 3.05) is 33.0 Å². The van der Waals surface area contributed by atoms with Crippen LogP contribution in [0, 0.1) is 0 Å². The van der Waals surface area contributed by atoms with Gasteiger partial charge in [0.25, 0.3) is 5.56 Å². The van der Waals surface area contributed by atoms with E-state index in [4.69, 9.17) is 18.9 Å². The first-order valence-electron chi connectivity index (χ1n) is 8.35. The molecule has 3 rings (SSSR count). The van der Waals surface area contributed by atoms with Crippen molar-refractivity contribution in [3.8, 4) is 5.75 Å². The van der Waals surface area contributed by atoms with E-state index >= 15 is 0 Å². The fourth-order valence-electron chi connectivity index (χ4n) is 2.74. The van der Waals surface area contributed by atoms with Crippen LogP contribution in [0.25, 0.3) is 10.8 Å². The zero-order valence-corrected chi connectivity index (χ0v) is 13.9. The molecule has 1 aromatic carbocycles. The monoisotopic (exact) mass is 333 g/mol. The maximum Gasteiger partial charge on any atom is 0.258 e. The Morgan fingerprint density at radius 1 is 1.17 bits per heavy atom. The van der Waals surface area contributed by atoms with E-state index in [0.29, 0.717) is 57.1 Å². The molecule has 0 atom stereocenters. The van der Waals surface area contributed by atoms with Crippen molar-refractivity contribution >= 4 is 10.8 Å². The molecule has 0 saturated carbocycles. The van der Waals surface area contributed by atoms with Crippen molar-refractivity contribution in [2.45, 2.75) is 26.2 Å². The normalized spacial score (nSPS) is 15.2. The molecule has 1 fully saturated rings. The summed E-state index contributed by atoms with van der Waals surface area (Å²) >= 11 is 0. The van der Waals surface area contributed by atoms with Crippen LogP contribution in [0.4, 0.5) is 0 Å². The van der Waals surface area contributed by atoms with Crippen LogP contribution in [0.3, 0.4) is 0 Å². The number of benzene rings is 1. The average molecular weight is 333 g/mol. The van der Waals surface area contributed by atoms with Gasteiger partial charge < -0.3 is 23.5 Å². The first kappa shape index (κ1) is 17.0. The third kappa shape index (κ3) is 3.95. The molecule has 0 spiro atoms. The molecular weight excluding hydrogens is 310 g/mol. The zero-order valence-electron chi connectivity index (χ0n) is 13.9. The summed E-state index contributed by atoms with van der Waals surface area (Å²) in [6.45, 7) is 5.42. The third-order valence-electron chi connectivity index (χ3n) is 3.96. The van der Waals surface area contributed by atoms with E-state index in [9.17, 15) is 4.79 Å². The van der Waals surface area contributed by atoms with Crippen LogP contribution >= 0.6 is 0 Å². The molecule has 0 radical (unpaired) electrons. The minimum Gasteiger partial charge on any atom is -0.493 e. The molecule has 6 nitrogen and oxygen atoms in total. The number of pyridine rings is 1. The summed E-state index contributed by atoms with van der Waals surface area (Å²) in [5.41, 5.74) is -0.0277. The van der Waals surface area contributed by atoms with Crippen molar-refractivity contribution in [1.29, 1.82) is 0 Å². The lowest BCUT2D eigenvalue weighted by Crippen LogP contribution is -2.22. The molecule has 0 bridgehead atoms. The molecule has 0 amide bonds. The molecule has 1 aliphatic rings. The van der Waals surface area contributed by atoms with Crippen molar-refractivity contribution in [3.63, 3.8) is 0 Å². The summed E-state index contributed by atoms with van der Waals surface area (Å²) in [5.74, 6) is 0.708. The Hall–Kier alpha value is -1.89. The van der Waals surface area contributed by atoms with Gasteiger partial charge in [-0.15, -0.1) is 0 Å². The fourth-order valence-corrected chi connectivity index (χ4v) is 2.74. The lowest BCUT2D eigenvalue weighted by molar-refractivity contribution is -0.0530. The van der Waals surface area contributed by atoms with E-state index in [1.165, 1.54) is 0 Å². The zero-order chi connectivity index (χ0) is 16.8. The molecule has 24 heavy (non-hydrogen) atoms. The van der Waals surface area contributed by atoms with E-state index < -0.39 is 0 Å². The number of hydrogen-bond donors (Lipinski definition) is 0. The standard InChI is InChI=1S/C18H23NO5/c1-2-21-11-9-19-8-6-14-15(18(19)20)4-3-5-16(14)22-10-7-17-23-12-13-24-17/h3-6,8,17H,2,7,9-13H2,1H3. The fraction of sp³-hybridized carbons (Fsp3) is 0.500. The summed E-state index contributed by atoms with van der Waals surface area (Å²) in [6.07, 6.45) is 2.28. The molecule has 130 valence electrons. The smallest absolute Gasteiger partial charge is 0.258 e. The molecule has 2 aromatic rings. The van der Waals surface area contributed by atoms with Gasteiger partial charge in [-0.2, -0.15) is 0 Å². The van der Waals surface area contributed by atoms with Gasteiger partial charge in [-0.25, -0.2) is 0 Å². The molecule has 0 N–H and O–H groups in total. The van der Waals surface area contributed by atoms with E-state index in [2.05, 4.69) is 0 Å². The van der Waals surface area contributed by atoms with Gasteiger partial charge in [0.05, 0.1) is 31.8 Å². The number of aromatic nitrogens is 1. The molecule has 0 unspecified atom stereocenters. The Bertz CT molecular complexity index is 721. The van der Waals surface area contributed by atoms with Gasteiger partial charge in [0.2, 0.25) is 0 Å². The van der Waals surface area contributed by atoms with Gasteiger partial charge in [0, 0.05) is 31.2 Å². The quantitative estimate of drug-likeness (QED) is 0.693. The highest BCUT2D eigenvalue weighted by Crippen LogP contribution is 2.23. The van der Waals surface area contributed by atoms with Gasteiger partial charge in [0.1, 0.15) is 5.75 Å². The molecule has 2 heterocycles. The highest BCUT2D eigenvalue weighted by Gasteiger charge is 2.16. The summed E-state index contributed by atoms with van der Waals surface area (Å²) in [4.78, 5) is 12.6. The molecule has 1 aliphatic heterocycles. The minimum absolute atomic E-state index is 0.0277. The maximum atomic E-state index is 12.6. The van der Waals surface area contributed by atoms with Crippen molar-refractivity contribution in [2.24, 2.45) is 0 Å². The predicted molar refractivity (Wildman–Crippen MR) is 90.5 cm³/mol. The van der Waals surface area contributed by atoms with Crippen LogP contribution < -0.4 is 10.3 Å². The third-order valence-corrected chi connectivity index (χ3v) is 3.96. The number of hydrogen-bond acceptors (Lipinski definition) is 5. The van der Waals surface area contributed by atoms with Crippen molar-refractivity contribution < 1.29 is 18.9 Å². The Labute approximate surface area is 140 Å². The highest BCUT2D eigenvalue weighted by molar-refractivity contribution is 5.87. The Balaban J connectivity index is 1.72. The summed E-state index contributed by atoms with van der Waals surface area (Å²) < 4.78 is 23.6. The molecule has 0 aliphatic carbocycles. The second-order valence-electron chi connectivity index (χ2n) is 5.54. The molecular formula is C18H23NO5. The maximum absolute atomic E-state index is 12.6. The highest BCUT2D eigenvalue weighted by atomic mass is 16.7. The minimum atomic E-state index is -0.184. The van der Waals surface area contributed by atoms with E-state index in [1.807, 2.05) is 31.2 Å². The van der Waals surface area contributed by atoms with E-state index in [-0.39, 0.29) is 11.8 Å². The van der Waals surface area contributed by atoms with Gasteiger partial charge in [-0.1, -0.05) is 6.07 Å². The van der Waals surface area contributed by atoms with Crippen molar-refractivity contribution in [1.82, 2.24) is 4.57 Å². The van der Waals surface area contributed by atoms with Gasteiger partial charge in [-0.3, -0.25) is 4.79 Å². The van der Waals surface area contributed by atoms with Crippen molar-refractivity contribution in [3.05, 3.63) is 40.8 Å². The van der Waals surface area contributed by atoms with Gasteiger partial charge in [0.15, 0.2) is 6.29 Å². The Morgan fingerprint density at radius 3 is 2.79 bits per heavy atom. The lowest BCUT2D eigenvalue weighted by Gasteiger charge is -2.13. The first-order valence-corrected chi connectivity index (χ1v) is 8.35. The second kappa shape index (κ2) is 8.28. The van der Waals surface area contributed by atoms with Gasteiger partial charge >= 0.3 is 0 Å². The SMILES string of the molecule is CCOCCn1ccc2c(OCCC3OCCO3)cccc2c1=O. The van der Waals surface area contributed by atoms with Crippen LogP contribution in [0.2, 0.25) is 0 Å².